The highest BCUT2D eigenvalue weighted by Gasteiger charge is 2.25. The molecule has 8 nitrogen and oxygen atoms in total. The van der Waals surface area contributed by atoms with E-state index in [1.54, 1.807) is 10.8 Å². The molecular weight excluding hydrogens is 566 g/mol. The standard InChI is InChI=1S/C19H13F3IN3O5S/c20-12-6-11(5-10-1-2-13(23)8-16(10)22)19(26(27)28)18(7-12)31-14-3-4-15(21)17(9-14)25-32(24,29)30/h1-4,6-9,25H,5H2,(H2,24,29,30). The van der Waals surface area contributed by atoms with Gasteiger partial charge in [0, 0.05) is 27.7 Å². The molecule has 3 aromatic rings. The number of ether oxygens (including phenoxy) is 1. The Hall–Kier alpha value is -2.91. The lowest BCUT2D eigenvalue weighted by molar-refractivity contribution is -0.386. The van der Waals surface area contributed by atoms with E-state index in [0.717, 1.165) is 30.3 Å². The maximum absolute atomic E-state index is 14.2. The Morgan fingerprint density at radius 2 is 1.75 bits per heavy atom. The van der Waals surface area contributed by atoms with E-state index in [1.807, 2.05) is 22.6 Å². The van der Waals surface area contributed by atoms with Gasteiger partial charge in [0.25, 0.3) is 10.2 Å². The molecule has 3 N–H and O–H groups in total. The number of hydrogen-bond donors (Lipinski definition) is 2. The van der Waals surface area contributed by atoms with Crippen LogP contribution in [0.3, 0.4) is 0 Å². The number of anilines is 1. The van der Waals surface area contributed by atoms with Crippen LogP contribution in [0.1, 0.15) is 11.1 Å². The van der Waals surface area contributed by atoms with Gasteiger partial charge in [0.2, 0.25) is 5.75 Å². The van der Waals surface area contributed by atoms with Crippen LogP contribution in [-0.2, 0) is 16.6 Å². The largest absolute Gasteiger partial charge is 0.450 e. The molecule has 0 aliphatic carbocycles. The number of halogens is 4. The maximum atomic E-state index is 14.2. The average molecular weight is 579 g/mol. The molecule has 0 unspecified atom stereocenters. The van der Waals surface area contributed by atoms with Crippen LogP contribution in [0.5, 0.6) is 11.5 Å². The van der Waals surface area contributed by atoms with Crippen molar-refractivity contribution in [3.63, 3.8) is 0 Å². The van der Waals surface area contributed by atoms with Gasteiger partial charge < -0.3 is 4.74 Å². The van der Waals surface area contributed by atoms with E-state index in [1.165, 1.54) is 12.1 Å². The second-order valence-electron chi connectivity index (χ2n) is 6.47. The van der Waals surface area contributed by atoms with Crippen LogP contribution in [0.4, 0.5) is 24.5 Å². The molecule has 0 amide bonds. The topological polar surface area (TPSA) is 125 Å². The van der Waals surface area contributed by atoms with Gasteiger partial charge in [-0.2, -0.15) is 8.42 Å². The third-order valence-corrected chi connectivity index (χ3v) is 5.29. The highest BCUT2D eigenvalue weighted by atomic mass is 127. The first kappa shape index (κ1) is 23.7. The van der Waals surface area contributed by atoms with Crippen molar-refractivity contribution < 1.29 is 31.2 Å². The van der Waals surface area contributed by atoms with E-state index in [2.05, 4.69) is 0 Å². The summed E-state index contributed by atoms with van der Waals surface area (Å²) in [6.07, 6.45) is -0.297. The number of hydrogen-bond acceptors (Lipinski definition) is 5. The minimum atomic E-state index is -4.32. The second kappa shape index (κ2) is 9.30. The molecule has 32 heavy (non-hydrogen) atoms. The van der Waals surface area contributed by atoms with E-state index in [9.17, 15) is 31.7 Å². The number of nitro benzene ring substituents is 1. The quantitative estimate of drug-likeness (QED) is 0.240. The Kier molecular flexibility index (Phi) is 6.90. The van der Waals surface area contributed by atoms with Crippen molar-refractivity contribution in [3.8, 4) is 11.5 Å². The molecule has 0 aromatic heterocycles. The van der Waals surface area contributed by atoms with Gasteiger partial charge >= 0.3 is 5.69 Å². The number of nitrogens with two attached hydrogens (primary N) is 1. The Bertz CT molecular complexity index is 1320. The Balaban J connectivity index is 2.04. The van der Waals surface area contributed by atoms with Crippen molar-refractivity contribution in [2.75, 3.05) is 4.72 Å². The summed E-state index contributed by atoms with van der Waals surface area (Å²) < 4.78 is 72.4. The molecule has 0 saturated carbocycles. The van der Waals surface area contributed by atoms with E-state index in [0.29, 0.717) is 3.57 Å². The summed E-state index contributed by atoms with van der Waals surface area (Å²) in [6.45, 7) is 0. The zero-order chi connectivity index (χ0) is 23.6. The summed E-state index contributed by atoms with van der Waals surface area (Å²) in [7, 11) is -4.32. The van der Waals surface area contributed by atoms with Crippen molar-refractivity contribution >= 4 is 44.2 Å². The predicted octanol–water partition coefficient (Wildman–Crippen LogP) is 4.62. The van der Waals surface area contributed by atoms with Gasteiger partial charge in [-0.25, -0.2) is 18.3 Å². The van der Waals surface area contributed by atoms with Crippen molar-refractivity contribution in [1.29, 1.82) is 0 Å². The van der Waals surface area contributed by atoms with Crippen LogP contribution in [-0.4, -0.2) is 13.3 Å². The first-order valence-corrected chi connectivity index (χ1v) is 11.2. The van der Waals surface area contributed by atoms with E-state index in [4.69, 9.17) is 9.88 Å². The Labute approximate surface area is 193 Å². The smallest absolute Gasteiger partial charge is 0.315 e. The molecule has 0 saturated heterocycles. The van der Waals surface area contributed by atoms with Gasteiger partial charge in [-0.3, -0.25) is 14.8 Å². The highest BCUT2D eigenvalue weighted by Crippen LogP contribution is 2.37. The van der Waals surface area contributed by atoms with Crippen LogP contribution >= 0.6 is 22.6 Å². The number of rotatable bonds is 7. The summed E-state index contributed by atoms with van der Waals surface area (Å²) in [5.41, 5.74) is -1.26. The summed E-state index contributed by atoms with van der Waals surface area (Å²) >= 11 is 1.90. The van der Waals surface area contributed by atoms with Gasteiger partial charge in [-0.1, -0.05) is 6.07 Å². The molecule has 168 valence electrons. The lowest BCUT2D eigenvalue weighted by atomic mass is 10.0. The van der Waals surface area contributed by atoms with Crippen molar-refractivity contribution in [2.45, 2.75) is 6.42 Å². The fourth-order valence-electron chi connectivity index (χ4n) is 2.84. The van der Waals surface area contributed by atoms with Crippen molar-refractivity contribution in [2.24, 2.45) is 5.14 Å². The van der Waals surface area contributed by atoms with Crippen LogP contribution in [0.2, 0.25) is 0 Å². The second-order valence-corrected chi connectivity index (χ2v) is 9.01. The molecule has 0 aliphatic rings. The molecule has 0 aliphatic heterocycles. The lowest BCUT2D eigenvalue weighted by Gasteiger charge is -2.12. The third-order valence-electron chi connectivity index (χ3n) is 4.12. The maximum Gasteiger partial charge on any atom is 0.315 e. The molecule has 13 heteroatoms. The van der Waals surface area contributed by atoms with Crippen molar-refractivity contribution in [3.05, 3.63) is 90.8 Å². The zero-order valence-electron chi connectivity index (χ0n) is 15.8. The third kappa shape index (κ3) is 5.86. The lowest BCUT2D eigenvalue weighted by Crippen LogP contribution is -2.22. The van der Waals surface area contributed by atoms with Crippen LogP contribution in [0, 0.1) is 31.1 Å². The Morgan fingerprint density at radius 1 is 1.03 bits per heavy atom. The van der Waals surface area contributed by atoms with E-state index in [-0.39, 0.29) is 23.3 Å². The molecule has 0 bridgehead atoms. The van der Waals surface area contributed by atoms with Crippen LogP contribution in [0.25, 0.3) is 0 Å². The highest BCUT2D eigenvalue weighted by molar-refractivity contribution is 14.1. The van der Waals surface area contributed by atoms with E-state index >= 15 is 0 Å². The number of nitrogens with zero attached hydrogens (tertiary/aromatic N) is 1. The van der Waals surface area contributed by atoms with Crippen LogP contribution in [0.15, 0.2) is 48.5 Å². The van der Waals surface area contributed by atoms with Gasteiger partial charge in [0.15, 0.2) is 0 Å². The molecule has 0 radical (unpaired) electrons. The van der Waals surface area contributed by atoms with E-state index < -0.39 is 49.7 Å². The van der Waals surface area contributed by atoms with Crippen molar-refractivity contribution in [1.82, 2.24) is 0 Å². The molecule has 0 atom stereocenters. The number of nitrogens with one attached hydrogen (secondary N) is 1. The zero-order valence-corrected chi connectivity index (χ0v) is 18.8. The molecular formula is C19H13F3IN3O5S. The summed E-state index contributed by atoms with van der Waals surface area (Å²) in [5, 5.41) is 16.5. The molecule has 0 heterocycles. The molecule has 0 spiro atoms. The first-order valence-electron chi connectivity index (χ1n) is 8.61. The minimum absolute atomic E-state index is 0.103. The normalized spacial score (nSPS) is 11.3. The Morgan fingerprint density at radius 3 is 2.38 bits per heavy atom. The predicted molar refractivity (Wildman–Crippen MR) is 118 cm³/mol. The summed E-state index contributed by atoms with van der Waals surface area (Å²) in [6, 6.07) is 8.65. The summed E-state index contributed by atoms with van der Waals surface area (Å²) in [5.74, 6) is -3.27. The average Bonchev–Trinajstić information content (AvgIpc) is 2.65. The van der Waals surface area contributed by atoms with Gasteiger partial charge in [0.1, 0.15) is 23.2 Å². The number of benzene rings is 3. The molecule has 0 fully saturated rings. The molecule has 3 rings (SSSR count). The van der Waals surface area contributed by atoms with Crippen LogP contribution < -0.4 is 14.6 Å². The monoisotopic (exact) mass is 579 g/mol. The fraction of sp³-hybridized carbons (Fsp3) is 0.0526. The van der Waals surface area contributed by atoms with Gasteiger partial charge in [0.05, 0.1) is 10.6 Å². The van der Waals surface area contributed by atoms with Gasteiger partial charge in [-0.15, -0.1) is 0 Å². The SMILES string of the molecule is NS(=O)(=O)Nc1cc(Oc2cc(F)cc(Cc3ccc(I)cc3F)c2[N+](=O)[O-])ccc1F. The first-order chi connectivity index (χ1) is 14.9. The molecule has 3 aromatic carbocycles. The fourth-order valence-corrected chi connectivity index (χ4v) is 3.76. The van der Waals surface area contributed by atoms with Gasteiger partial charge in [-0.05, 0) is 58.5 Å². The summed E-state index contributed by atoms with van der Waals surface area (Å²) in [4.78, 5) is 10.9. The minimum Gasteiger partial charge on any atom is -0.450 e. The number of nitro groups is 1.